The maximum absolute atomic E-state index is 12.4. The van der Waals surface area contributed by atoms with Crippen LogP contribution in [0.5, 0.6) is 0 Å². The zero-order valence-corrected chi connectivity index (χ0v) is 16.0. The van der Waals surface area contributed by atoms with E-state index < -0.39 is 23.4 Å². The topological polar surface area (TPSA) is 103 Å². The minimum absolute atomic E-state index is 0.192. The van der Waals surface area contributed by atoms with Crippen LogP contribution in [0.15, 0.2) is 48.5 Å². The second kappa shape index (κ2) is 8.13. The molecular formula is C19H17N3O5S. The zero-order valence-electron chi connectivity index (χ0n) is 15.2. The van der Waals surface area contributed by atoms with Gasteiger partial charge < -0.3 is 9.64 Å². The molecule has 1 atom stereocenters. The molecule has 0 aliphatic heterocycles. The van der Waals surface area contributed by atoms with Crippen molar-refractivity contribution in [1.29, 1.82) is 0 Å². The molecule has 0 aliphatic carbocycles. The largest absolute Gasteiger partial charge is 0.452 e. The molecule has 0 saturated heterocycles. The van der Waals surface area contributed by atoms with E-state index in [0.29, 0.717) is 0 Å². The Kier molecular flexibility index (Phi) is 5.65. The van der Waals surface area contributed by atoms with Crippen LogP contribution in [-0.4, -0.2) is 40.3 Å². The standard InChI is InChI=1S/C19H17N3O5S/c1-12(18-20-14-8-4-6-10-16(14)28-18)21(2)17(23)11-27-19(24)13-7-3-5-9-15(13)22(25)26/h3-10,12H,11H2,1-2H3/t12-/m0/s1. The number of nitrogens with zero attached hydrogens (tertiary/aromatic N) is 3. The first-order valence-electron chi connectivity index (χ1n) is 8.40. The highest BCUT2D eigenvalue weighted by molar-refractivity contribution is 7.18. The predicted octanol–water partition coefficient (Wildman–Crippen LogP) is 3.58. The van der Waals surface area contributed by atoms with Crippen molar-refractivity contribution >= 4 is 39.1 Å². The number of carbonyl (C=O) groups excluding carboxylic acids is 2. The highest BCUT2D eigenvalue weighted by atomic mass is 32.1. The predicted molar refractivity (Wildman–Crippen MR) is 104 cm³/mol. The number of nitro benzene ring substituents is 1. The van der Waals surface area contributed by atoms with E-state index in [1.165, 1.54) is 40.5 Å². The first-order chi connectivity index (χ1) is 13.4. The molecule has 2 aromatic carbocycles. The average molecular weight is 399 g/mol. The molecule has 0 N–H and O–H groups in total. The van der Waals surface area contributed by atoms with Gasteiger partial charge in [-0.2, -0.15) is 0 Å². The van der Waals surface area contributed by atoms with E-state index >= 15 is 0 Å². The number of benzene rings is 2. The highest BCUT2D eigenvalue weighted by Gasteiger charge is 2.24. The molecule has 0 unspecified atom stereocenters. The fourth-order valence-electron chi connectivity index (χ4n) is 2.56. The maximum Gasteiger partial charge on any atom is 0.345 e. The number of para-hydroxylation sites is 2. The van der Waals surface area contributed by atoms with Gasteiger partial charge in [-0.3, -0.25) is 14.9 Å². The van der Waals surface area contributed by atoms with Gasteiger partial charge in [-0.1, -0.05) is 24.3 Å². The summed E-state index contributed by atoms with van der Waals surface area (Å²) < 4.78 is 6.02. The number of nitro groups is 1. The third kappa shape index (κ3) is 3.99. The summed E-state index contributed by atoms with van der Waals surface area (Å²) in [5.41, 5.74) is 0.302. The van der Waals surface area contributed by atoms with Crippen LogP contribution in [0.1, 0.15) is 28.3 Å². The van der Waals surface area contributed by atoms with Crippen LogP contribution < -0.4 is 0 Å². The minimum atomic E-state index is -0.915. The lowest BCUT2D eigenvalue weighted by Gasteiger charge is -2.23. The van der Waals surface area contributed by atoms with Crippen molar-refractivity contribution in [2.24, 2.45) is 0 Å². The normalized spacial score (nSPS) is 11.8. The van der Waals surface area contributed by atoms with Gasteiger partial charge in [0.05, 0.1) is 21.2 Å². The number of aromatic nitrogens is 1. The van der Waals surface area contributed by atoms with Crippen LogP contribution in [0.3, 0.4) is 0 Å². The zero-order chi connectivity index (χ0) is 20.3. The lowest BCUT2D eigenvalue weighted by molar-refractivity contribution is -0.385. The summed E-state index contributed by atoms with van der Waals surface area (Å²) in [5.74, 6) is -1.35. The van der Waals surface area contributed by atoms with Crippen molar-refractivity contribution in [3.05, 3.63) is 69.2 Å². The number of rotatable bonds is 6. The van der Waals surface area contributed by atoms with E-state index in [1.54, 1.807) is 7.05 Å². The summed E-state index contributed by atoms with van der Waals surface area (Å²) in [6.45, 7) is 1.32. The Bertz CT molecular complexity index is 1020. The Morgan fingerprint density at radius 1 is 1.21 bits per heavy atom. The summed E-state index contributed by atoms with van der Waals surface area (Å²) in [6, 6.07) is 12.8. The van der Waals surface area contributed by atoms with Gasteiger partial charge in [0.1, 0.15) is 10.6 Å². The van der Waals surface area contributed by atoms with Crippen molar-refractivity contribution in [3.8, 4) is 0 Å². The number of fused-ring (bicyclic) bond motifs is 1. The third-order valence-electron chi connectivity index (χ3n) is 4.29. The van der Waals surface area contributed by atoms with Crippen LogP contribution in [0.2, 0.25) is 0 Å². The van der Waals surface area contributed by atoms with Crippen LogP contribution in [0.25, 0.3) is 10.2 Å². The SMILES string of the molecule is C[C@@H](c1nc2ccccc2s1)N(C)C(=O)COC(=O)c1ccccc1[N+](=O)[O-]. The van der Waals surface area contributed by atoms with Crippen molar-refractivity contribution in [1.82, 2.24) is 9.88 Å². The Morgan fingerprint density at radius 3 is 2.61 bits per heavy atom. The first-order valence-corrected chi connectivity index (χ1v) is 9.22. The number of hydrogen-bond donors (Lipinski definition) is 0. The van der Waals surface area contributed by atoms with Gasteiger partial charge in [-0.25, -0.2) is 9.78 Å². The molecule has 1 amide bonds. The molecule has 0 aliphatic rings. The van der Waals surface area contributed by atoms with Gasteiger partial charge in [0.15, 0.2) is 6.61 Å². The number of thiazole rings is 1. The van der Waals surface area contributed by atoms with Crippen LogP contribution >= 0.6 is 11.3 Å². The van der Waals surface area contributed by atoms with Gasteiger partial charge in [-0.05, 0) is 25.1 Å². The quantitative estimate of drug-likeness (QED) is 0.357. The molecule has 28 heavy (non-hydrogen) atoms. The smallest absolute Gasteiger partial charge is 0.345 e. The summed E-state index contributed by atoms with van der Waals surface area (Å²) in [5, 5.41) is 11.8. The molecule has 0 spiro atoms. The number of carbonyl (C=O) groups is 2. The molecular weight excluding hydrogens is 382 g/mol. The van der Waals surface area contributed by atoms with Crippen LogP contribution in [0, 0.1) is 10.1 Å². The molecule has 0 bridgehead atoms. The van der Waals surface area contributed by atoms with Crippen molar-refractivity contribution < 1.29 is 19.2 Å². The Morgan fingerprint density at radius 2 is 1.89 bits per heavy atom. The van der Waals surface area contributed by atoms with Crippen molar-refractivity contribution in [2.75, 3.05) is 13.7 Å². The summed E-state index contributed by atoms with van der Waals surface area (Å²) >= 11 is 1.49. The average Bonchev–Trinajstić information content (AvgIpc) is 3.14. The fraction of sp³-hybridized carbons (Fsp3) is 0.211. The lowest BCUT2D eigenvalue weighted by atomic mass is 10.2. The van der Waals surface area contributed by atoms with E-state index in [-0.39, 0.29) is 17.3 Å². The molecule has 1 aromatic heterocycles. The first kappa shape index (κ1) is 19.4. The second-order valence-corrected chi connectivity index (χ2v) is 7.11. The molecule has 3 rings (SSSR count). The van der Waals surface area contributed by atoms with Gasteiger partial charge >= 0.3 is 5.97 Å². The van der Waals surface area contributed by atoms with Gasteiger partial charge in [0.2, 0.25) is 0 Å². The molecule has 9 heteroatoms. The number of hydrogen-bond acceptors (Lipinski definition) is 7. The number of esters is 1. The van der Waals surface area contributed by atoms with Crippen molar-refractivity contribution in [3.63, 3.8) is 0 Å². The van der Waals surface area contributed by atoms with Crippen molar-refractivity contribution in [2.45, 2.75) is 13.0 Å². The molecule has 0 radical (unpaired) electrons. The van der Waals surface area contributed by atoms with Crippen LogP contribution in [-0.2, 0) is 9.53 Å². The molecule has 8 nitrogen and oxygen atoms in total. The second-order valence-electron chi connectivity index (χ2n) is 6.05. The summed E-state index contributed by atoms with van der Waals surface area (Å²) in [7, 11) is 1.60. The Labute approximate surface area is 164 Å². The molecule has 0 fully saturated rings. The summed E-state index contributed by atoms with van der Waals surface area (Å²) in [6.07, 6.45) is 0. The Balaban J connectivity index is 1.65. The number of likely N-dealkylation sites (N-methyl/N-ethyl adjacent to an activating group) is 1. The molecule has 0 saturated carbocycles. The maximum atomic E-state index is 12.4. The highest BCUT2D eigenvalue weighted by Crippen LogP contribution is 2.28. The van der Waals surface area contributed by atoms with Gasteiger partial charge in [0.25, 0.3) is 11.6 Å². The van der Waals surface area contributed by atoms with Crippen LogP contribution in [0.4, 0.5) is 5.69 Å². The van der Waals surface area contributed by atoms with Gasteiger partial charge in [0, 0.05) is 13.1 Å². The van der Waals surface area contributed by atoms with E-state index in [0.717, 1.165) is 15.2 Å². The van der Waals surface area contributed by atoms with Gasteiger partial charge in [-0.15, -0.1) is 11.3 Å². The van der Waals surface area contributed by atoms with E-state index in [2.05, 4.69) is 4.98 Å². The molecule has 3 aromatic rings. The molecule has 144 valence electrons. The van der Waals surface area contributed by atoms with E-state index in [9.17, 15) is 19.7 Å². The fourth-order valence-corrected chi connectivity index (χ4v) is 3.63. The lowest BCUT2D eigenvalue weighted by Crippen LogP contribution is -2.33. The monoisotopic (exact) mass is 399 g/mol. The van der Waals surface area contributed by atoms with E-state index in [1.807, 2.05) is 31.2 Å². The minimum Gasteiger partial charge on any atom is -0.452 e. The van der Waals surface area contributed by atoms with E-state index in [4.69, 9.17) is 4.74 Å². The number of amides is 1. The Hall–Kier alpha value is -3.33. The molecule has 1 heterocycles. The summed E-state index contributed by atoms with van der Waals surface area (Å²) in [4.78, 5) is 40.9. The third-order valence-corrected chi connectivity index (χ3v) is 5.50. The number of ether oxygens (including phenoxy) is 1.